The average molecular weight is 214 g/mol. The van der Waals surface area contributed by atoms with Crippen molar-refractivity contribution in [2.45, 2.75) is 44.7 Å². The van der Waals surface area contributed by atoms with Gasteiger partial charge in [-0.1, -0.05) is 12.5 Å². The summed E-state index contributed by atoms with van der Waals surface area (Å²) < 4.78 is 11.7. The monoisotopic (exact) mass is 214 g/mol. The predicted molar refractivity (Wildman–Crippen MR) is 61.6 cm³/mol. The van der Waals surface area contributed by atoms with Crippen molar-refractivity contribution in [1.29, 1.82) is 0 Å². The summed E-state index contributed by atoms with van der Waals surface area (Å²) in [7, 11) is -0.111. The average Bonchev–Trinajstić information content (AvgIpc) is 2.95. The second-order valence-electron chi connectivity index (χ2n) is 4.27. The van der Waals surface area contributed by atoms with E-state index in [9.17, 15) is 0 Å². The van der Waals surface area contributed by atoms with Gasteiger partial charge in [-0.2, -0.15) is 0 Å². The zero-order chi connectivity index (χ0) is 10.6. The lowest BCUT2D eigenvalue weighted by Crippen LogP contribution is -2.42. The minimum Gasteiger partial charge on any atom is -0.397 e. The highest BCUT2D eigenvalue weighted by Gasteiger charge is 2.50. The summed E-state index contributed by atoms with van der Waals surface area (Å²) in [5.41, 5.74) is 1.91. The van der Waals surface area contributed by atoms with E-state index in [4.69, 9.17) is 8.85 Å². The lowest BCUT2D eigenvalue weighted by Gasteiger charge is -2.29. The van der Waals surface area contributed by atoms with Crippen molar-refractivity contribution in [3.05, 3.63) is 12.2 Å². The van der Waals surface area contributed by atoms with E-state index in [-0.39, 0.29) is 0 Å². The van der Waals surface area contributed by atoms with Crippen LogP contribution >= 0.6 is 0 Å². The van der Waals surface area contributed by atoms with Gasteiger partial charge in [0.05, 0.1) is 0 Å². The molecule has 1 atom stereocenters. The zero-order valence-electron chi connectivity index (χ0n) is 9.64. The van der Waals surface area contributed by atoms with Crippen LogP contribution in [0.4, 0.5) is 0 Å². The molecule has 0 N–H and O–H groups in total. The van der Waals surface area contributed by atoms with Gasteiger partial charge in [-0.3, -0.25) is 0 Å². The third kappa shape index (κ3) is 2.94. The van der Waals surface area contributed by atoms with Crippen molar-refractivity contribution in [3.8, 4) is 0 Å². The summed E-state index contributed by atoms with van der Waals surface area (Å²) in [4.78, 5) is 0. The van der Waals surface area contributed by atoms with E-state index >= 15 is 0 Å². The molecular weight excluding hydrogens is 192 g/mol. The molecule has 82 valence electrons. The summed E-state index contributed by atoms with van der Waals surface area (Å²) in [6.45, 7) is 9.03. The van der Waals surface area contributed by atoms with Gasteiger partial charge in [0.25, 0.3) is 0 Å². The Bertz CT molecular complexity index is 201. The number of hydrogen-bond donors (Lipinski definition) is 0. The summed E-state index contributed by atoms with van der Waals surface area (Å²) in [5, 5.41) is 0. The first-order valence-electron chi connectivity index (χ1n) is 5.48. The van der Waals surface area contributed by atoms with E-state index in [1.54, 1.807) is 0 Å². The quantitative estimate of drug-likeness (QED) is 0.478. The summed E-state index contributed by atoms with van der Waals surface area (Å²) in [6, 6.07) is 0.966. The van der Waals surface area contributed by atoms with Gasteiger partial charge in [0.2, 0.25) is 0 Å². The van der Waals surface area contributed by atoms with Crippen molar-refractivity contribution in [2.75, 3.05) is 13.7 Å². The molecule has 2 nitrogen and oxygen atoms in total. The first-order valence-corrected chi connectivity index (χ1v) is 7.58. The van der Waals surface area contributed by atoms with E-state index in [1.807, 2.05) is 7.11 Å². The first kappa shape index (κ1) is 11.9. The number of allylic oxidation sites excluding steroid dienone is 1. The normalized spacial score (nSPS) is 20.5. The van der Waals surface area contributed by atoms with Crippen molar-refractivity contribution in [1.82, 2.24) is 0 Å². The number of hydrogen-bond acceptors (Lipinski definition) is 2. The topological polar surface area (TPSA) is 18.5 Å². The maximum absolute atomic E-state index is 6.02. The van der Waals surface area contributed by atoms with Crippen LogP contribution in [0.1, 0.15) is 33.1 Å². The van der Waals surface area contributed by atoms with Crippen LogP contribution in [-0.4, -0.2) is 22.3 Å². The maximum Gasteiger partial charge on any atom is 0.345 e. The highest BCUT2D eigenvalue weighted by Crippen LogP contribution is 2.48. The first-order chi connectivity index (χ1) is 6.64. The molecule has 0 bridgehead atoms. The predicted octanol–water partition coefficient (Wildman–Crippen LogP) is 3.24. The van der Waals surface area contributed by atoms with Crippen LogP contribution in [0.3, 0.4) is 0 Å². The molecule has 1 aliphatic carbocycles. The Morgan fingerprint density at radius 3 is 2.50 bits per heavy atom. The molecule has 1 rings (SSSR count). The second-order valence-corrected chi connectivity index (χ2v) is 7.76. The van der Waals surface area contributed by atoms with Gasteiger partial charge in [-0.15, -0.1) is 6.58 Å². The molecular formula is C11H22O2Si. The van der Waals surface area contributed by atoms with E-state index < -0.39 is 8.56 Å². The van der Waals surface area contributed by atoms with Gasteiger partial charge < -0.3 is 8.85 Å². The van der Waals surface area contributed by atoms with Crippen molar-refractivity contribution >= 4 is 8.56 Å². The highest BCUT2D eigenvalue weighted by molar-refractivity contribution is 6.70. The Labute approximate surface area is 88.5 Å². The maximum atomic E-state index is 6.02. The lowest BCUT2D eigenvalue weighted by molar-refractivity contribution is 0.198. The van der Waals surface area contributed by atoms with Gasteiger partial charge in [0.15, 0.2) is 0 Å². The summed E-state index contributed by atoms with van der Waals surface area (Å²) in [5.74, 6) is 0. The third-order valence-corrected chi connectivity index (χ3v) is 6.95. The molecule has 0 radical (unpaired) electrons. The van der Waals surface area contributed by atoms with Crippen molar-refractivity contribution in [3.63, 3.8) is 0 Å². The van der Waals surface area contributed by atoms with Crippen LogP contribution in [0.15, 0.2) is 12.2 Å². The Morgan fingerprint density at radius 2 is 2.14 bits per heavy atom. The van der Waals surface area contributed by atoms with Crippen LogP contribution < -0.4 is 0 Å². The van der Waals surface area contributed by atoms with Gasteiger partial charge in [-0.25, -0.2) is 0 Å². The van der Waals surface area contributed by atoms with Gasteiger partial charge in [0, 0.05) is 25.3 Å². The highest BCUT2D eigenvalue weighted by atomic mass is 28.4. The van der Waals surface area contributed by atoms with E-state index in [0.717, 1.165) is 24.6 Å². The fourth-order valence-corrected chi connectivity index (χ4v) is 5.49. The molecule has 1 aliphatic rings. The molecule has 0 saturated heterocycles. The molecule has 0 heterocycles. The van der Waals surface area contributed by atoms with Crippen molar-refractivity contribution < 1.29 is 8.85 Å². The van der Waals surface area contributed by atoms with E-state index in [2.05, 4.69) is 20.4 Å². The van der Waals surface area contributed by atoms with Crippen molar-refractivity contribution in [2.24, 2.45) is 0 Å². The molecule has 1 saturated carbocycles. The largest absolute Gasteiger partial charge is 0.397 e. The molecule has 0 spiro atoms. The minimum atomic E-state index is -1.92. The third-order valence-electron chi connectivity index (χ3n) is 2.64. The van der Waals surface area contributed by atoms with Crippen LogP contribution in [0.2, 0.25) is 11.6 Å². The molecule has 3 heteroatoms. The van der Waals surface area contributed by atoms with Crippen LogP contribution in [0.5, 0.6) is 0 Å². The molecule has 0 aromatic rings. The van der Waals surface area contributed by atoms with E-state index in [0.29, 0.717) is 0 Å². The van der Waals surface area contributed by atoms with Crippen LogP contribution in [-0.2, 0) is 8.85 Å². The molecule has 1 unspecified atom stereocenters. The van der Waals surface area contributed by atoms with Crippen LogP contribution in [0.25, 0.3) is 0 Å². The van der Waals surface area contributed by atoms with Crippen LogP contribution in [0, 0.1) is 0 Å². The second kappa shape index (κ2) is 5.10. The summed E-state index contributed by atoms with van der Waals surface area (Å²) >= 11 is 0. The Morgan fingerprint density at radius 1 is 1.50 bits per heavy atom. The SMILES string of the molecule is C=C(C)C[Si](OC)(OCCC)C1CC1. The zero-order valence-corrected chi connectivity index (χ0v) is 10.6. The minimum absolute atomic E-state index is 0.718. The molecule has 0 amide bonds. The number of rotatable bonds is 7. The molecule has 0 aliphatic heterocycles. The van der Waals surface area contributed by atoms with Gasteiger partial charge in [0.1, 0.15) is 0 Å². The van der Waals surface area contributed by atoms with Gasteiger partial charge in [-0.05, 0) is 26.2 Å². The van der Waals surface area contributed by atoms with E-state index in [1.165, 1.54) is 18.4 Å². The molecule has 0 aromatic carbocycles. The standard InChI is InChI=1S/C11H22O2Si/c1-5-8-13-14(12-4,9-10(2)3)11-6-7-11/h11H,2,5-9H2,1,3-4H3. The summed E-state index contributed by atoms with van der Waals surface area (Å²) in [6.07, 6.45) is 3.65. The molecule has 0 aromatic heterocycles. The lowest BCUT2D eigenvalue weighted by atomic mass is 10.4. The smallest absolute Gasteiger partial charge is 0.345 e. The fourth-order valence-electron chi connectivity index (χ4n) is 1.83. The fraction of sp³-hybridized carbons (Fsp3) is 0.818. The molecule has 14 heavy (non-hydrogen) atoms. The molecule has 1 fully saturated rings. The Balaban J connectivity index is 2.59. The Hall–Kier alpha value is -0.123. The van der Waals surface area contributed by atoms with Gasteiger partial charge >= 0.3 is 8.56 Å². The Kier molecular flexibility index (Phi) is 4.35.